The van der Waals surface area contributed by atoms with E-state index in [0.29, 0.717) is 9.79 Å². The van der Waals surface area contributed by atoms with Gasteiger partial charge in [-0.1, -0.05) is 30.3 Å². The SMILES string of the molecule is O=S1(=O)c2ccccc2-c2ccc(-c3cnn(-c4[c-]cccc4)c3)cc21.[CH3-].[Ir]. The Morgan fingerprint density at radius 2 is 1.61 bits per heavy atom. The first-order valence-electron chi connectivity index (χ1n) is 8.15. The van der Waals surface area contributed by atoms with E-state index in [2.05, 4.69) is 11.2 Å². The molecule has 0 unspecified atom stereocenters. The maximum absolute atomic E-state index is 12.9. The third-order valence-corrected chi connectivity index (χ3v) is 6.45. The zero-order valence-corrected chi connectivity index (χ0v) is 18.2. The average molecular weight is 565 g/mol. The number of hydrogen-bond acceptors (Lipinski definition) is 3. The zero-order chi connectivity index (χ0) is 17.7. The van der Waals surface area contributed by atoms with Crippen LogP contribution in [-0.2, 0) is 29.9 Å². The van der Waals surface area contributed by atoms with Crippen LogP contribution < -0.4 is 0 Å². The van der Waals surface area contributed by atoms with E-state index >= 15 is 0 Å². The first kappa shape index (κ1) is 20.2. The number of benzene rings is 3. The first-order chi connectivity index (χ1) is 12.6. The van der Waals surface area contributed by atoms with E-state index in [9.17, 15) is 8.42 Å². The van der Waals surface area contributed by atoms with Gasteiger partial charge in [-0.3, -0.25) is 4.68 Å². The van der Waals surface area contributed by atoms with Gasteiger partial charge in [0.05, 0.1) is 16.0 Å². The van der Waals surface area contributed by atoms with Crippen molar-refractivity contribution in [2.75, 3.05) is 0 Å². The quantitative estimate of drug-likeness (QED) is 0.295. The minimum absolute atomic E-state index is 0. The average Bonchev–Trinajstić information content (AvgIpc) is 3.26. The summed E-state index contributed by atoms with van der Waals surface area (Å²) in [5, 5.41) is 4.37. The summed E-state index contributed by atoms with van der Waals surface area (Å²) >= 11 is 0. The van der Waals surface area contributed by atoms with E-state index in [1.807, 2.05) is 54.7 Å². The molecule has 0 fully saturated rings. The minimum Gasteiger partial charge on any atom is -0.358 e. The molecule has 0 spiro atoms. The van der Waals surface area contributed by atoms with Crippen molar-refractivity contribution >= 4 is 9.84 Å². The molecule has 1 aromatic heterocycles. The van der Waals surface area contributed by atoms with Gasteiger partial charge in [0.15, 0.2) is 0 Å². The zero-order valence-electron chi connectivity index (χ0n) is 15.0. The standard InChI is InChI=1S/C21H13N2O2S.CH3.Ir/c24-26(25)20-9-5-4-8-18(20)19-11-10-15(12-21(19)26)16-13-22-23(14-16)17-6-2-1-3-7-17;;/h1-6,8-14H;1H3;/q2*-1;. The molecule has 1 aliphatic heterocycles. The van der Waals surface area contributed by atoms with Gasteiger partial charge in [0.1, 0.15) is 0 Å². The maximum atomic E-state index is 12.9. The van der Waals surface area contributed by atoms with Crippen LogP contribution in [0, 0.1) is 13.5 Å². The summed E-state index contributed by atoms with van der Waals surface area (Å²) in [5.41, 5.74) is 4.04. The number of hydrogen-bond donors (Lipinski definition) is 0. The fourth-order valence-corrected chi connectivity index (χ4v) is 5.03. The second kappa shape index (κ2) is 7.47. The second-order valence-corrected chi connectivity index (χ2v) is 8.02. The van der Waals surface area contributed by atoms with Crippen molar-refractivity contribution in [2.45, 2.75) is 9.79 Å². The predicted molar refractivity (Wildman–Crippen MR) is 105 cm³/mol. The fourth-order valence-electron chi connectivity index (χ4n) is 3.32. The summed E-state index contributed by atoms with van der Waals surface area (Å²) in [7, 11) is -3.47. The summed E-state index contributed by atoms with van der Waals surface area (Å²) in [4.78, 5) is 0.733. The Morgan fingerprint density at radius 1 is 0.857 bits per heavy atom. The summed E-state index contributed by atoms with van der Waals surface area (Å²) < 4.78 is 27.4. The Bertz CT molecular complexity index is 1250. The van der Waals surface area contributed by atoms with Gasteiger partial charge in [0.25, 0.3) is 0 Å². The van der Waals surface area contributed by atoms with Gasteiger partial charge < -0.3 is 7.43 Å². The third-order valence-electron chi connectivity index (χ3n) is 4.59. The maximum Gasteiger partial charge on any atom is 0.207 e. The molecule has 0 atom stereocenters. The van der Waals surface area contributed by atoms with Crippen LogP contribution in [-0.4, -0.2) is 18.2 Å². The van der Waals surface area contributed by atoms with Crippen molar-refractivity contribution in [3.8, 4) is 27.9 Å². The van der Waals surface area contributed by atoms with Crippen molar-refractivity contribution < 1.29 is 28.5 Å². The molecule has 0 saturated carbocycles. The topological polar surface area (TPSA) is 52.0 Å². The van der Waals surface area contributed by atoms with Crippen molar-refractivity contribution in [1.29, 1.82) is 0 Å². The number of para-hydroxylation sites is 1. The smallest absolute Gasteiger partial charge is 0.207 e. The first-order valence-corrected chi connectivity index (χ1v) is 9.63. The van der Waals surface area contributed by atoms with Crippen LogP contribution in [0.1, 0.15) is 0 Å². The number of aromatic nitrogens is 2. The van der Waals surface area contributed by atoms with Crippen LogP contribution in [0.5, 0.6) is 0 Å². The van der Waals surface area contributed by atoms with Crippen LogP contribution in [0.15, 0.2) is 88.9 Å². The van der Waals surface area contributed by atoms with Gasteiger partial charge in [-0.15, -0.1) is 6.07 Å². The fraction of sp³-hybridized carbons (Fsp3) is 0. The molecular weight excluding hydrogens is 549 g/mol. The molecule has 0 N–H and O–H groups in total. The molecule has 28 heavy (non-hydrogen) atoms. The molecule has 3 aromatic carbocycles. The Morgan fingerprint density at radius 3 is 2.39 bits per heavy atom. The molecule has 6 heteroatoms. The molecule has 1 radical (unpaired) electrons. The molecule has 4 nitrogen and oxygen atoms in total. The molecular formula is C22H16IrN2O2S-2. The normalized spacial score (nSPS) is 13.0. The summed E-state index contributed by atoms with van der Waals surface area (Å²) in [6.07, 6.45) is 3.61. The van der Waals surface area contributed by atoms with E-state index in [1.165, 1.54) is 0 Å². The molecule has 0 saturated heterocycles. The molecule has 143 valence electrons. The predicted octanol–water partition coefficient (Wildman–Crippen LogP) is 4.60. The summed E-state index contributed by atoms with van der Waals surface area (Å²) in [6.45, 7) is 0. The van der Waals surface area contributed by atoms with Crippen LogP contribution in [0.2, 0.25) is 0 Å². The third kappa shape index (κ3) is 3.04. The van der Waals surface area contributed by atoms with E-state index in [0.717, 1.165) is 27.9 Å². The van der Waals surface area contributed by atoms with Crippen molar-refractivity contribution in [3.05, 3.63) is 92.6 Å². The Balaban J connectivity index is 0.00000112. The number of rotatable bonds is 2. The van der Waals surface area contributed by atoms with Crippen LogP contribution in [0.4, 0.5) is 0 Å². The largest absolute Gasteiger partial charge is 0.358 e. The van der Waals surface area contributed by atoms with Crippen molar-refractivity contribution in [2.24, 2.45) is 0 Å². The van der Waals surface area contributed by atoms with Gasteiger partial charge in [-0.25, -0.2) is 8.42 Å². The molecule has 2 heterocycles. The van der Waals surface area contributed by atoms with Gasteiger partial charge in [0.2, 0.25) is 9.84 Å². The van der Waals surface area contributed by atoms with Gasteiger partial charge >= 0.3 is 0 Å². The van der Waals surface area contributed by atoms with Gasteiger partial charge in [-0.2, -0.15) is 29.4 Å². The van der Waals surface area contributed by atoms with Crippen molar-refractivity contribution in [3.63, 3.8) is 0 Å². The van der Waals surface area contributed by atoms with Crippen LogP contribution in [0.25, 0.3) is 27.9 Å². The Hall–Kier alpha value is -2.53. The molecule has 1 aliphatic rings. The van der Waals surface area contributed by atoms with Crippen LogP contribution >= 0.6 is 0 Å². The van der Waals surface area contributed by atoms with E-state index in [1.54, 1.807) is 29.1 Å². The molecule has 5 rings (SSSR count). The molecule has 0 aliphatic carbocycles. The monoisotopic (exact) mass is 565 g/mol. The molecule has 0 amide bonds. The van der Waals surface area contributed by atoms with E-state index < -0.39 is 9.84 Å². The Kier molecular flexibility index (Phi) is 5.39. The minimum atomic E-state index is -3.47. The molecule has 4 aromatic rings. The summed E-state index contributed by atoms with van der Waals surface area (Å²) in [5.74, 6) is 0. The summed E-state index contributed by atoms with van der Waals surface area (Å²) in [6, 6.07) is 23.4. The number of sulfone groups is 1. The van der Waals surface area contributed by atoms with Gasteiger partial charge in [0, 0.05) is 43.0 Å². The van der Waals surface area contributed by atoms with Crippen LogP contribution in [0.3, 0.4) is 0 Å². The van der Waals surface area contributed by atoms with Crippen molar-refractivity contribution in [1.82, 2.24) is 9.78 Å². The molecule has 0 bridgehead atoms. The van der Waals surface area contributed by atoms with E-state index in [4.69, 9.17) is 0 Å². The van der Waals surface area contributed by atoms with E-state index in [-0.39, 0.29) is 27.5 Å². The number of nitrogens with zero attached hydrogens (tertiary/aromatic N) is 2. The Labute approximate surface area is 178 Å². The van der Waals surface area contributed by atoms with Gasteiger partial charge in [-0.05, 0) is 23.4 Å². The number of fused-ring (bicyclic) bond motifs is 3. The second-order valence-electron chi connectivity index (χ2n) is 6.13.